The highest BCUT2D eigenvalue weighted by Gasteiger charge is 2.33. The fraction of sp³-hybridized carbons (Fsp3) is 0.625. The predicted octanol–water partition coefficient (Wildman–Crippen LogP) is 4.55. The first-order chi connectivity index (χ1) is 9.10. The molecule has 1 N–H and O–H groups in total. The SMILES string of the molecule is CCCNC(Cc1cc(F)cc(Br)c1)C(C)C1CC1. The van der Waals surface area contributed by atoms with Gasteiger partial charge in [0.2, 0.25) is 0 Å². The Balaban J connectivity index is 2.04. The van der Waals surface area contributed by atoms with Crippen LogP contribution in [0.2, 0.25) is 0 Å². The van der Waals surface area contributed by atoms with Crippen LogP contribution >= 0.6 is 15.9 Å². The fourth-order valence-corrected chi connectivity index (χ4v) is 3.22. The fourth-order valence-electron chi connectivity index (χ4n) is 2.71. The van der Waals surface area contributed by atoms with Gasteiger partial charge in [0.15, 0.2) is 0 Å². The van der Waals surface area contributed by atoms with Gasteiger partial charge >= 0.3 is 0 Å². The van der Waals surface area contributed by atoms with Gasteiger partial charge in [0.1, 0.15) is 5.82 Å². The van der Waals surface area contributed by atoms with Crippen LogP contribution in [0, 0.1) is 17.7 Å². The second-order valence-corrected chi connectivity index (χ2v) is 6.65. The van der Waals surface area contributed by atoms with E-state index in [9.17, 15) is 4.39 Å². The summed E-state index contributed by atoms with van der Waals surface area (Å²) >= 11 is 3.37. The standard InChI is InChI=1S/C16H23BrFN/c1-3-6-19-16(11(2)13-4-5-13)9-12-7-14(17)10-15(18)8-12/h7-8,10-11,13,16,19H,3-6,9H2,1-2H3. The molecule has 0 radical (unpaired) electrons. The Morgan fingerprint density at radius 1 is 1.37 bits per heavy atom. The smallest absolute Gasteiger partial charge is 0.124 e. The molecule has 2 atom stereocenters. The van der Waals surface area contributed by atoms with Crippen LogP contribution < -0.4 is 5.32 Å². The van der Waals surface area contributed by atoms with Crippen LogP contribution in [0.1, 0.15) is 38.7 Å². The van der Waals surface area contributed by atoms with Gasteiger partial charge in [0.05, 0.1) is 0 Å². The maximum absolute atomic E-state index is 13.5. The third kappa shape index (κ3) is 4.57. The summed E-state index contributed by atoms with van der Waals surface area (Å²) in [6, 6.07) is 5.66. The van der Waals surface area contributed by atoms with Crippen molar-refractivity contribution < 1.29 is 4.39 Å². The number of hydrogen-bond donors (Lipinski definition) is 1. The van der Waals surface area contributed by atoms with Crippen LogP contribution in [-0.2, 0) is 6.42 Å². The maximum atomic E-state index is 13.5. The second-order valence-electron chi connectivity index (χ2n) is 5.74. The highest BCUT2D eigenvalue weighted by molar-refractivity contribution is 9.10. The molecule has 1 fully saturated rings. The molecule has 1 aliphatic carbocycles. The average molecular weight is 328 g/mol. The molecule has 0 spiro atoms. The summed E-state index contributed by atoms with van der Waals surface area (Å²) < 4.78 is 14.3. The first-order valence-electron chi connectivity index (χ1n) is 7.28. The van der Waals surface area contributed by atoms with Crippen molar-refractivity contribution in [2.75, 3.05) is 6.54 Å². The van der Waals surface area contributed by atoms with Crippen molar-refractivity contribution in [1.29, 1.82) is 0 Å². The number of hydrogen-bond acceptors (Lipinski definition) is 1. The zero-order valence-corrected chi connectivity index (χ0v) is 13.3. The van der Waals surface area contributed by atoms with Gasteiger partial charge in [0.25, 0.3) is 0 Å². The minimum atomic E-state index is -0.155. The van der Waals surface area contributed by atoms with Gasteiger partial charge in [0, 0.05) is 10.5 Å². The van der Waals surface area contributed by atoms with Crippen LogP contribution in [0.5, 0.6) is 0 Å². The Hall–Kier alpha value is -0.410. The van der Waals surface area contributed by atoms with Crippen molar-refractivity contribution in [3.05, 3.63) is 34.1 Å². The Morgan fingerprint density at radius 3 is 2.68 bits per heavy atom. The third-order valence-electron chi connectivity index (χ3n) is 4.03. The summed E-state index contributed by atoms with van der Waals surface area (Å²) in [5.74, 6) is 1.39. The number of rotatable bonds is 7. The molecule has 0 aromatic heterocycles. The molecule has 1 nitrogen and oxygen atoms in total. The van der Waals surface area contributed by atoms with Gasteiger partial charge < -0.3 is 5.32 Å². The van der Waals surface area contributed by atoms with Crippen LogP contribution in [0.4, 0.5) is 4.39 Å². The molecule has 1 saturated carbocycles. The summed E-state index contributed by atoms with van der Waals surface area (Å²) in [7, 11) is 0. The van der Waals surface area contributed by atoms with Crippen LogP contribution in [0.25, 0.3) is 0 Å². The van der Waals surface area contributed by atoms with Gasteiger partial charge in [-0.05, 0) is 67.8 Å². The molecule has 3 heteroatoms. The second kappa shape index (κ2) is 6.85. The lowest BCUT2D eigenvalue weighted by atomic mass is 9.91. The van der Waals surface area contributed by atoms with Gasteiger partial charge in [-0.25, -0.2) is 4.39 Å². The van der Waals surface area contributed by atoms with Crippen molar-refractivity contribution in [3.8, 4) is 0 Å². The summed E-state index contributed by atoms with van der Waals surface area (Å²) in [5.41, 5.74) is 1.08. The summed E-state index contributed by atoms with van der Waals surface area (Å²) in [4.78, 5) is 0. The van der Waals surface area contributed by atoms with Crippen LogP contribution in [0.3, 0.4) is 0 Å². The average Bonchev–Trinajstić information content (AvgIpc) is 3.16. The zero-order chi connectivity index (χ0) is 13.8. The van der Waals surface area contributed by atoms with Crippen molar-refractivity contribution in [3.63, 3.8) is 0 Å². The maximum Gasteiger partial charge on any atom is 0.124 e. The first kappa shape index (κ1) is 15.0. The van der Waals surface area contributed by atoms with Crippen molar-refractivity contribution in [2.45, 2.75) is 45.6 Å². The Labute approximate surface area is 124 Å². The van der Waals surface area contributed by atoms with Crippen LogP contribution in [0.15, 0.2) is 22.7 Å². The molecule has 2 unspecified atom stereocenters. The van der Waals surface area contributed by atoms with Gasteiger partial charge in [-0.2, -0.15) is 0 Å². The van der Waals surface area contributed by atoms with E-state index in [1.54, 1.807) is 6.07 Å². The number of benzene rings is 1. The Bertz CT molecular complexity index is 397. The summed E-state index contributed by atoms with van der Waals surface area (Å²) in [5, 5.41) is 3.64. The van der Waals surface area contributed by atoms with Crippen molar-refractivity contribution in [1.82, 2.24) is 5.32 Å². The first-order valence-corrected chi connectivity index (χ1v) is 8.07. The lowest BCUT2D eigenvalue weighted by Gasteiger charge is -2.25. The molecule has 0 bridgehead atoms. The molecule has 1 aromatic carbocycles. The third-order valence-corrected chi connectivity index (χ3v) is 4.49. The van der Waals surface area contributed by atoms with E-state index >= 15 is 0 Å². The normalized spacial score (nSPS) is 18.3. The van der Waals surface area contributed by atoms with E-state index in [4.69, 9.17) is 0 Å². The minimum absolute atomic E-state index is 0.155. The molecule has 106 valence electrons. The van der Waals surface area contributed by atoms with E-state index in [1.807, 2.05) is 6.07 Å². The lowest BCUT2D eigenvalue weighted by molar-refractivity contribution is 0.339. The molecule has 0 aliphatic heterocycles. The van der Waals surface area contributed by atoms with Crippen LogP contribution in [-0.4, -0.2) is 12.6 Å². The summed E-state index contributed by atoms with van der Waals surface area (Å²) in [6.07, 6.45) is 4.77. The molecular weight excluding hydrogens is 305 g/mol. The topological polar surface area (TPSA) is 12.0 Å². The van der Waals surface area contributed by atoms with Gasteiger partial charge in [-0.15, -0.1) is 0 Å². The van der Waals surface area contributed by atoms with E-state index < -0.39 is 0 Å². The molecule has 2 rings (SSSR count). The number of halogens is 2. The Kier molecular flexibility index (Phi) is 5.40. The molecule has 19 heavy (non-hydrogen) atoms. The predicted molar refractivity (Wildman–Crippen MR) is 81.8 cm³/mol. The molecular formula is C16H23BrFN. The molecule has 1 aromatic rings. The molecule has 0 heterocycles. The summed E-state index contributed by atoms with van der Waals surface area (Å²) in [6.45, 7) is 5.56. The monoisotopic (exact) mass is 327 g/mol. The van der Waals surface area contributed by atoms with Crippen molar-refractivity contribution in [2.24, 2.45) is 11.8 Å². The highest BCUT2D eigenvalue weighted by Crippen LogP contribution is 2.39. The van der Waals surface area contributed by atoms with E-state index in [0.29, 0.717) is 12.0 Å². The minimum Gasteiger partial charge on any atom is -0.313 e. The highest BCUT2D eigenvalue weighted by atomic mass is 79.9. The van der Waals surface area contributed by atoms with E-state index in [2.05, 4.69) is 35.1 Å². The Morgan fingerprint density at radius 2 is 2.11 bits per heavy atom. The molecule has 1 aliphatic rings. The van der Waals surface area contributed by atoms with E-state index in [-0.39, 0.29) is 5.82 Å². The quantitative estimate of drug-likeness (QED) is 0.774. The lowest BCUT2D eigenvalue weighted by Crippen LogP contribution is -2.38. The van der Waals surface area contributed by atoms with Gasteiger partial charge in [-0.3, -0.25) is 0 Å². The van der Waals surface area contributed by atoms with Crippen molar-refractivity contribution >= 4 is 15.9 Å². The molecule has 0 saturated heterocycles. The molecule has 0 amide bonds. The van der Waals surface area contributed by atoms with E-state index in [1.165, 1.54) is 18.9 Å². The van der Waals surface area contributed by atoms with Gasteiger partial charge in [-0.1, -0.05) is 29.8 Å². The largest absolute Gasteiger partial charge is 0.313 e. The van der Waals surface area contributed by atoms with E-state index in [0.717, 1.165) is 35.3 Å². The number of nitrogens with one attached hydrogen (secondary N) is 1. The zero-order valence-electron chi connectivity index (χ0n) is 11.8.